The molecule has 140 valence electrons. The number of guanidine groups is 1. The first kappa shape index (κ1) is 18.7. The van der Waals surface area contributed by atoms with Gasteiger partial charge in [0.25, 0.3) is 0 Å². The van der Waals surface area contributed by atoms with Crippen LogP contribution < -0.4 is 10.1 Å². The molecule has 0 amide bonds. The summed E-state index contributed by atoms with van der Waals surface area (Å²) in [6, 6.07) is 12.2. The average Bonchev–Trinajstić information content (AvgIpc) is 3.14. The minimum atomic E-state index is 0.633. The minimum absolute atomic E-state index is 0.633. The number of hydrogen-bond acceptors (Lipinski definition) is 4. The zero-order valence-electron chi connectivity index (χ0n) is 15.6. The van der Waals surface area contributed by atoms with E-state index in [1.807, 2.05) is 55.8 Å². The number of likely N-dealkylation sites (N-methyl/N-ethyl adjacent to an activating group) is 1. The summed E-state index contributed by atoms with van der Waals surface area (Å²) in [6.45, 7) is 5.57. The molecule has 0 saturated carbocycles. The van der Waals surface area contributed by atoms with Crippen molar-refractivity contribution in [3.8, 4) is 5.75 Å². The van der Waals surface area contributed by atoms with E-state index < -0.39 is 0 Å². The number of hydrogen-bond donors (Lipinski definition) is 1. The van der Waals surface area contributed by atoms with Crippen molar-refractivity contribution < 1.29 is 4.74 Å². The molecular formula is C20H28N4OS. The predicted molar refractivity (Wildman–Crippen MR) is 109 cm³/mol. The highest BCUT2D eigenvalue weighted by molar-refractivity contribution is 7.10. The maximum atomic E-state index is 5.76. The number of benzene rings is 1. The maximum Gasteiger partial charge on any atom is 0.193 e. The van der Waals surface area contributed by atoms with Crippen molar-refractivity contribution in [2.75, 3.05) is 46.9 Å². The monoisotopic (exact) mass is 372 g/mol. The van der Waals surface area contributed by atoms with Crippen LogP contribution in [-0.4, -0.2) is 62.6 Å². The summed E-state index contributed by atoms with van der Waals surface area (Å²) in [7, 11) is 3.87. The number of para-hydroxylation sites is 1. The molecule has 0 bridgehead atoms. The lowest BCUT2D eigenvalue weighted by atomic mass is 10.1. The van der Waals surface area contributed by atoms with Crippen LogP contribution in [0.5, 0.6) is 5.75 Å². The molecule has 5 nitrogen and oxygen atoms in total. The summed E-state index contributed by atoms with van der Waals surface area (Å²) in [5.41, 5.74) is 1.50. The fraction of sp³-hybridized carbons (Fsp3) is 0.450. The Morgan fingerprint density at radius 1 is 1.31 bits per heavy atom. The molecule has 1 aliphatic heterocycles. The second kappa shape index (κ2) is 9.59. The summed E-state index contributed by atoms with van der Waals surface area (Å²) in [5.74, 6) is 1.82. The number of thiophene rings is 1. The SMILES string of the molecule is CN=C(NCCN1CCc2sccc2C1)N(C)CCOc1ccccc1. The van der Waals surface area contributed by atoms with Crippen molar-refractivity contribution in [2.45, 2.75) is 13.0 Å². The van der Waals surface area contributed by atoms with Gasteiger partial charge in [0.15, 0.2) is 5.96 Å². The van der Waals surface area contributed by atoms with Crippen LogP contribution in [0.15, 0.2) is 46.8 Å². The largest absolute Gasteiger partial charge is 0.492 e. The lowest BCUT2D eigenvalue weighted by Gasteiger charge is -2.28. The third-order valence-electron chi connectivity index (χ3n) is 4.61. The topological polar surface area (TPSA) is 40.1 Å². The van der Waals surface area contributed by atoms with Gasteiger partial charge >= 0.3 is 0 Å². The van der Waals surface area contributed by atoms with E-state index in [-0.39, 0.29) is 0 Å². The van der Waals surface area contributed by atoms with Gasteiger partial charge in [-0.15, -0.1) is 11.3 Å². The Labute approximate surface area is 160 Å². The predicted octanol–water partition coefficient (Wildman–Crippen LogP) is 2.69. The summed E-state index contributed by atoms with van der Waals surface area (Å²) >= 11 is 1.89. The first-order valence-electron chi connectivity index (χ1n) is 9.13. The number of ether oxygens (including phenoxy) is 1. The number of aliphatic imine (C=N–C) groups is 1. The van der Waals surface area contributed by atoms with Gasteiger partial charge in [-0.1, -0.05) is 18.2 Å². The number of nitrogens with one attached hydrogen (secondary N) is 1. The third-order valence-corrected chi connectivity index (χ3v) is 5.63. The van der Waals surface area contributed by atoms with Crippen molar-refractivity contribution in [3.63, 3.8) is 0 Å². The molecule has 2 heterocycles. The molecule has 2 aromatic rings. The molecule has 1 aromatic carbocycles. The van der Waals surface area contributed by atoms with Crippen LogP contribution in [0, 0.1) is 0 Å². The molecule has 3 rings (SSSR count). The van der Waals surface area contributed by atoms with Crippen LogP contribution in [0.1, 0.15) is 10.4 Å². The van der Waals surface area contributed by atoms with E-state index in [0.29, 0.717) is 6.61 Å². The Kier molecular flexibility index (Phi) is 6.91. The molecule has 0 unspecified atom stereocenters. The second-order valence-corrected chi connectivity index (χ2v) is 7.45. The molecule has 0 radical (unpaired) electrons. The highest BCUT2D eigenvalue weighted by Crippen LogP contribution is 2.23. The highest BCUT2D eigenvalue weighted by atomic mass is 32.1. The third kappa shape index (κ3) is 5.22. The van der Waals surface area contributed by atoms with Gasteiger partial charge in [0.1, 0.15) is 12.4 Å². The molecule has 0 aliphatic carbocycles. The Balaban J connectivity index is 1.36. The van der Waals surface area contributed by atoms with Gasteiger partial charge in [-0.3, -0.25) is 9.89 Å². The summed E-state index contributed by atoms with van der Waals surface area (Å²) in [6.07, 6.45) is 1.18. The lowest BCUT2D eigenvalue weighted by Crippen LogP contribution is -2.44. The fourth-order valence-electron chi connectivity index (χ4n) is 3.13. The van der Waals surface area contributed by atoms with Crippen LogP contribution in [0.2, 0.25) is 0 Å². The molecule has 6 heteroatoms. The first-order valence-corrected chi connectivity index (χ1v) is 10.0. The normalized spacial score (nSPS) is 14.8. The van der Waals surface area contributed by atoms with Gasteiger partial charge in [-0.25, -0.2) is 0 Å². The first-order chi connectivity index (χ1) is 12.8. The standard InChI is InChI=1S/C20H28N4OS/c1-21-20(23(2)13-14-25-18-6-4-3-5-7-18)22-10-12-24-11-8-19-17(16-24)9-15-26-19/h3-7,9,15H,8,10-14,16H2,1-2H3,(H,21,22). The zero-order valence-corrected chi connectivity index (χ0v) is 16.5. The molecule has 1 aliphatic rings. The van der Waals surface area contributed by atoms with E-state index in [2.05, 4.69) is 31.6 Å². The highest BCUT2D eigenvalue weighted by Gasteiger charge is 2.16. The average molecular weight is 373 g/mol. The molecule has 1 N–H and O–H groups in total. The van der Waals surface area contributed by atoms with Gasteiger partial charge in [0, 0.05) is 45.2 Å². The van der Waals surface area contributed by atoms with Gasteiger partial charge in [-0.2, -0.15) is 0 Å². The van der Waals surface area contributed by atoms with Crippen molar-refractivity contribution in [3.05, 3.63) is 52.2 Å². The van der Waals surface area contributed by atoms with E-state index in [0.717, 1.165) is 44.4 Å². The molecule has 0 saturated heterocycles. The van der Waals surface area contributed by atoms with E-state index >= 15 is 0 Å². The zero-order chi connectivity index (χ0) is 18.2. The Morgan fingerprint density at radius 3 is 2.96 bits per heavy atom. The van der Waals surface area contributed by atoms with E-state index in [4.69, 9.17) is 4.74 Å². The molecule has 1 aromatic heterocycles. The van der Waals surface area contributed by atoms with E-state index in [9.17, 15) is 0 Å². The van der Waals surface area contributed by atoms with Crippen LogP contribution in [-0.2, 0) is 13.0 Å². The van der Waals surface area contributed by atoms with Crippen LogP contribution in [0.4, 0.5) is 0 Å². The number of fused-ring (bicyclic) bond motifs is 1. The van der Waals surface area contributed by atoms with Gasteiger partial charge in [0.05, 0.1) is 6.54 Å². The van der Waals surface area contributed by atoms with Crippen LogP contribution in [0.3, 0.4) is 0 Å². The van der Waals surface area contributed by atoms with Crippen molar-refractivity contribution in [1.82, 2.24) is 15.1 Å². The molecular weight excluding hydrogens is 344 g/mol. The van der Waals surface area contributed by atoms with Crippen molar-refractivity contribution >= 4 is 17.3 Å². The second-order valence-electron chi connectivity index (χ2n) is 6.45. The lowest BCUT2D eigenvalue weighted by molar-refractivity contribution is 0.257. The van der Waals surface area contributed by atoms with Gasteiger partial charge in [0.2, 0.25) is 0 Å². The summed E-state index contributed by atoms with van der Waals surface area (Å²) in [4.78, 5) is 10.6. The van der Waals surface area contributed by atoms with Gasteiger partial charge in [-0.05, 0) is 35.6 Å². The Bertz CT molecular complexity index is 701. The summed E-state index contributed by atoms with van der Waals surface area (Å²) < 4.78 is 5.76. The number of rotatable bonds is 7. The van der Waals surface area contributed by atoms with Crippen molar-refractivity contribution in [1.29, 1.82) is 0 Å². The molecule has 0 fully saturated rings. The summed E-state index contributed by atoms with van der Waals surface area (Å²) in [5, 5.41) is 5.67. The molecule has 0 spiro atoms. The fourth-order valence-corrected chi connectivity index (χ4v) is 4.02. The van der Waals surface area contributed by atoms with Crippen LogP contribution in [0.25, 0.3) is 0 Å². The van der Waals surface area contributed by atoms with Crippen LogP contribution >= 0.6 is 11.3 Å². The Hall–Kier alpha value is -2.05. The van der Waals surface area contributed by atoms with E-state index in [1.54, 1.807) is 4.88 Å². The molecule has 0 atom stereocenters. The maximum absolute atomic E-state index is 5.76. The van der Waals surface area contributed by atoms with Gasteiger partial charge < -0.3 is 15.0 Å². The minimum Gasteiger partial charge on any atom is -0.492 e. The Morgan fingerprint density at radius 2 is 2.15 bits per heavy atom. The van der Waals surface area contributed by atoms with E-state index in [1.165, 1.54) is 12.0 Å². The number of nitrogens with zero attached hydrogens (tertiary/aromatic N) is 3. The quantitative estimate of drug-likeness (QED) is 0.599. The molecule has 26 heavy (non-hydrogen) atoms. The smallest absolute Gasteiger partial charge is 0.193 e. The van der Waals surface area contributed by atoms with Crippen molar-refractivity contribution in [2.24, 2.45) is 4.99 Å².